The Kier molecular flexibility index (Phi) is 4.42. The highest BCUT2D eigenvalue weighted by molar-refractivity contribution is 5.74. The van der Waals surface area contributed by atoms with Gasteiger partial charge in [-0.1, -0.05) is 42.5 Å². The van der Waals surface area contributed by atoms with Crippen molar-refractivity contribution in [3.8, 4) is 22.6 Å². The molecule has 3 rings (SSSR count). The predicted octanol–water partition coefficient (Wildman–Crippen LogP) is 3.09. The highest BCUT2D eigenvalue weighted by Gasteiger charge is 2.20. The molecule has 1 aliphatic rings. The van der Waals surface area contributed by atoms with Gasteiger partial charge in [0.15, 0.2) is 11.5 Å². The summed E-state index contributed by atoms with van der Waals surface area (Å²) >= 11 is 0. The molecule has 1 unspecified atom stereocenters. The summed E-state index contributed by atoms with van der Waals surface area (Å²) in [5, 5.41) is 0. The summed E-state index contributed by atoms with van der Waals surface area (Å²) in [6.07, 6.45) is 0.104. The first-order valence-corrected chi connectivity index (χ1v) is 6.40. The van der Waals surface area contributed by atoms with Crippen LogP contribution in [0.25, 0.3) is 11.1 Å². The van der Waals surface area contributed by atoms with Crippen molar-refractivity contribution < 1.29 is 9.47 Å². The van der Waals surface area contributed by atoms with Gasteiger partial charge in [0.2, 0.25) is 0 Å². The van der Waals surface area contributed by atoms with Gasteiger partial charge in [-0.05, 0) is 25.6 Å². The summed E-state index contributed by atoms with van der Waals surface area (Å²) in [5.41, 5.74) is 6.75. The van der Waals surface area contributed by atoms with Crippen LogP contribution in [0, 0.1) is 0 Å². The topological polar surface area (TPSA) is 44.5 Å². The summed E-state index contributed by atoms with van der Waals surface area (Å²) in [6, 6.07) is 16.3. The molecule has 0 saturated carbocycles. The number of rotatable bonds is 1. The minimum Gasteiger partial charge on any atom is -0.486 e. The van der Waals surface area contributed by atoms with Gasteiger partial charge in [-0.3, -0.25) is 0 Å². The molecule has 0 amide bonds. The van der Waals surface area contributed by atoms with Crippen molar-refractivity contribution in [3.05, 3.63) is 48.5 Å². The second-order valence-corrected chi connectivity index (χ2v) is 4.24. The van der Waals surface area contributed by atoms with Gasteiger partial charge in [0.25, 0.3) is 0 Å². The zero-order valence-electron chi connectivity index (χ0n) is 11.3. The lowest BCUT2D eigenvalue weighted by atomic mass is 10.0. The first-order valence-electron chi connectivity index (χ1n) is 6.40. The van der Waals surface area contributed by atoms with E-state index in [4.69, 9.17) is 9.47 Å². The Labute approximate surface area is 114 Å². The number of para-hydroxylation sites is 1. The first kappa shape index (κ1) is 13.4. The molecule has 2 aromatic carbocycles. The fourth-order valence-corrected chi connectivity index (χ4v) is 2.04. The van der Waals surface area contributed by atoms with Crippen molar-refractivity contribution in [1.29, 1.82) is 0 Å². The summed E-state index contributed by atoms with van der Waals surface area (Å²) < 4.78 is 11.6. The maximum atomic E-state index is 5.89. The van der Waals surface area contributed by atoms with E-state index >= 15 is 0 Å². The molecule has 100 valence electrons. The maximum absolute atomic E-state index is 5.89. The molecule has 0 bridgehead atoms. The molecule has 0 aliphatic carbocycles. The third kappa shape index (κ3) is 2.88. The molecule has 1 heterocycles. The van der Waals surface area contributed by atoms with Gasteiger partial charge in [0, 0.05) is 5.56 Å². The Morgan fingerprint density at radius 1 is 1.00 bits per heavy atom. The Balaban J connectivity index is 0.000000637. The zero-order valence-corrected chi connectivity index (χ0v) is 11.3. The quantitative estimate of drug-likeness (QED) is 0.853. The van der Waals surface area contributed by atoms with Crippen molar-refractivity contribution in [1.82, 2.24) is 0 Å². The van der Waals surface area contributed by atoms with E-state index in [-0.39, 0.29) is 6.10 Å². The van der Waals surface area contributed by atoms with E-state index in [0.29, 0.717) is 6.61 Å². The number of fused-ring (bicyclic) bond motifs is 1. The van der Waals surface area contributed by atoms with Gasteiger partial charge in [-0.2, -0.15) is 0 Å². The van der Waals surface area contributed by atoms with E-state index in [1.54, 1.807) is 0 Å². The molecule has 3 heteroatoms. The molecule has 19 heavy (non-hydrogen) atoms. The average molecular weight is 257 g/mol. The Morgan fingerprint density at radius 2 is 1.74 bits per heavy atom. The van der Waals surface area contributed by atoms with Crippen LogP contribution < -0.4 is 15.2 Å². The van der Waals surface area contributed by atoms with Crippen LogP contribution in [0.5, 0.6) is 11.5 Å². The second-order valence-electron chi connectivity index (χ2n) is 4.24. The van der Waals surface area contributed by atoms with Crippen LogP contribution in [0.15, 0.2) is 48.5 Å². The minimum absolute atomic E-state index is 0.104. The van der Waals surface area contributed by atoms with Crippen molar-refractivity contribution in [2.75, 3.05) is 13.7 Å². The fourth-order valence-electron chi connectivity index (χ4n) is 2.04. The highest BCUT2D eigenvalue weighted by Crippen LogP contribution is 2.40. The minimum atomic E-state index is 0.104. The molecule has 3 nitrogen and oxygen atoms in total. The standard InChI is InChI=1S/C15H14O2.CH5N/c1-11-10-16-14-9-5-8-13(15(14)17-11)12-6-3-2-4-7-12;1-2/h2-9,11H,10H2,1H3;2H2,1H3. The predicted molar refractivity (Wildman–Crippen MR) is 77.6 cm³/mol. The molecule has 0 radical (unpaired) electrons. The van der Waals surface area contributed by atoms with Crippen molar-refractivity contribution in [2.24, 2.45) is 5.73 Å². The lowest BCUT2D eigenvalue weighted by molar-refractivity contribution is 0.105. The Morgan fingerprint density at radius 3 is 2.47 bits per heavy atom. The van der Waals surface area contributed by atoms with E-state index in [1.807, 2.05) is 37.3 Å². The summed E-state index contributed by atoms with van der Waals surface area (Å²) in [6.45, 7) is 2.63. The smallest absolute Gasteiger partial charge is 0.169 e. The van der Waals surface area contributed by atoms with E-state index < -0.39 is 0 Å². The molecular weight excluding hydrogens is 238 g/mol. The molecule has 1 aliphatic heterocycles. The number of nitrogens with two attached hydrogens (primary N) is 1. The fraction of sp³-hybridized carbons (Fsp3) is 0.250. The van der Waals surface area contributed by atoms with Gasteiger partial charge < -0.3 is 15.2 Å². The lowest BCUT2D eigenvalue weighted by Gasteiger charge is -2.25. The number of hydrogen-bond acceptors (Lipinski definition) is 3. The molecule has 0 fully saturated rings. The maximum Gasteiger partial charge on any atom is 0.169 e. The largest absolute Gasteiger partial charge is 0.486 e. The zero-order chi connectivity index (χ0) is 13.7. The van der Waals surface area contributed by atoms with Crippen LogP contribution in [-0.2, 0) is 0 Å². The summed E-state index contributed by atoms with van der Waals surface area (Å²) in [5.74, 6) is 1.70. The van der Waals surface area contributed by atoms with Gasteiger partial charge in [0.1, 0.15) is 12.7 Å². The van der Waals surface area contributed by atoms with Crippen LogP contribution in [0.2, 0.25) is 0 Å². The Hall–Kier alpha value is -2.00. The van der Waals surface area contributed by atoms with Gasteiger partial charge in [-0.25, -0.2) is 0 Å². The normalized spacial score (nSPS) is 16.3. The van der Waals surface area contributed by atoms with Crippen LogP contribution in [0.1, 0.15) is 6.92 Å². The molecule has 2 aromatic rings. The van der Waals surface area contributed by atoms with E-state index in [0.717, 1.165) is 22.6 Å². The molecule has 0 spiro atoms. The van der Waals surface area contributed by atoms with E-state index in [1.165, 1.54) is 7.05 Å². The molecule has 0 saturated heterocycles. The summed E-state index contributed by atoms with van der Waals surface area (Å²) in [4.78, 5) is 0. The van der Waals surface area contributed by atoms with Gasteiger partial charge in [-0.15, -0.1) is 0 Å². The van der Waals surface area contributed by atoms with E-state index in [9.17, 15) is 0 Å². The van der Waals surface area contributed by atoms with Crippen molar-refractivity contribution in [3.63, 3.8) is 0 Å². The Bertz CT molecular complexity index is 526. The molecule has 1 atom stereocenters. The second kappa shape index (κ2) is 6.25. The number of ether oxygens (including phenoxy) is 2. The van der Waals surface area contributed by atoms with Crippen LogP contribution in [-0.4, -0.2) is 19.8 Å². The lowest BCUT2D eigenvalue weighted by Crippen LogP contribution is -2.26. The van der Waals surface area contributed by atoms with E-state index in [2.05, 4.69) is 23.9 Å². The first-order chi connectivity index (χ1) is 9.34. The third-order valence-corrected chi connectivity index (χ3v) is 2.86. The molecule has 2 N–H and O–H groups in total. The number of benzene rings is 2. The average Bonchev–Trinajstić information content (AvgIpc) is 2.49. The molecule has 0 aromatic heterocycles. The number of hydrogen-bond donors (Lipinski definition) is 1. The highest BCUT2D eigenvalue weighted by atomic mass is 16.6. The monoisotopic (exact) mass is 257 g/mol. The molecular formula is C16H19NO2. The third-order valence-electron chi connectivity index (χ3n) is 2.86. The van der Waals surface area contributed by atoms with Crippen LogP contribution >= 0.6 is 0 Å². The van der Waals surface area contributed by atoms with Gasteiger partial charge >= 0.3 is 0 Å². The summed E-state index contributed by atoms with van der Waals surface area (Å²) in [7, 11) is 1.50. The van der Waals surface area contributed by atoms with Crippen molar-refractivity contribution in [2.45, 2.75) is 13.0 Å². The van der Waals surface area contributed by atoms with Crippen LogP contribution in [0.3, 0.4) is 0 Å². The van der Waals surface area contributed by atoms with Crippen molar-refractivity contribution >= 4 is 0 Å². The SMILES string of the molecule is CC1COc2cccc(-c3ccccc3)c2O1.CN. The van der Waals surface area contributed by atoms with Crippen LogP contribution in [0.4, 0.5) is 0 Å². The van der Waals surface area contributed by atoms with Gasteiger partial charge in [0.05, 0.1) is 0 Å².